The highest BCUT2D eigenvalue weighted by Crippen LogP contribution is 2.14. The highest BCUT2D eigenvalue weighted by molar-refractivity contribution is 5.16. The van der Waals surface area contributed by atoms with Gasteiger partial charge in [0.05, 0.1) is 6.10 Å². The van der Waals surface area contributed by atoms with Gasteiger partial charge in [-0.3, -0.25) is 0 Å². The molecule has 0 aromatic heterocycles. The van der Waals surface area contributed by atoms with Gasteiger partial charge in [0.1, 0.15) is 0 Å². The van der Waals surface area contributed by atoms with Gasteiger partial charge in [-0.05, 0) is 25.8 Å². The first-order valence-electron chi connectivity index (χ1n) is 5.56. The molecule has 1 unspecified atom stereocenters. The van der Waals surface area contributed by atoms with Gasteiger partial charge >= 0.3 is 0 Å². The fourth-order valence-electron chi connectivity index (χ4n) is 1.12. The van der Waals surface area contributed by atoms with E-state index >= 15 is 0 Å². The third-order valence-electron chi connectivity index (χ3n) is 1.98. The van der Waals surface area contributed by atoms with Crippen molar-refractivity contribution in [1.29, 1.82) is 0 Å². The van der Waals surface area contributed by atoms with Gasteiger partial charge in [-0.2, -0.15) is 0 Å². The SMILES string of the molecule is CCC(O)c1ccccc1.CCOCC. The summed E-state index contributed by atoms with van der Waals surface area (Å²) in [7, 11) is 0. The van der Waals surface area contributed by atoms with Crippen LogP contribution in [0.5, 0.6) is 0 Å². The van der Waals surface area contributed by atoms with E-state index in [9.17, 15) is 5.11 Å². The van der Waals surface area contributed by atoms with Crippen molar-refractivity contribution in [3.8, 4) is 0 Å². The minimum atomic E-state index is -0.291. The summed E-state index contributed by atoms with van der Waals surface area (Å²) in [4.78, 5) is 0. The van der Waals surface area contributed by atoms with Gasteiger partial charge in [0.15, 0.2) is 0 Å². The van der Waals surface area contributed by atoms with Gasteiger partial charge in [-0.1, -0.05) is 37.3 Å². The molecule has 2 nitrogen and oxygen atoms in total. The normalized spacial score (nSPS) is 11.5. The summed E-state index contributed by atoms with van der Waals surface area (Å²) in [5.41, 5.74) is 1.00. The van der Waals surface area contributed by atoms with E-state index in [0.717, 1.165) is 25.2 Å². The minimum Gasteiger partial charge on any atom is -0.388 e. The fraction of sp³-hybridized carbons (Fsp3) is 0.538. The quantitative estimate of drug-likeness (QED) is 0.827. The van der Waals surface area contributed by atoms with Crippen molar-refractivity contribution < 1.29 is 9.84 Å². The number of aliphatic hydroxyl groups excluding tert-OH is 1. The minimum absolute atomic E-state index is 0.291. The van der Waals surface area contributed by atoms with E-state index in [-0.39, 0.29) is 6.10 Å². The van der Waals surface area contributed by atoms with Crippen LogP contribution in [-0.2, 0) is 4.74 Å². The molecule has 0 spiro atoms. The Hall–Kier alpha value is -0.860. The molecule has 0 radical (unpaired) electrons. The van der Waals surface area contributed by atoms with Crippen molar-refractivity contribution >= 4 is 0 Å². The van der Waals surface area contributed by atoms with Crippen LogP contribution in [0.3, 0.4) is 0 Å². The Balaban J connectivity index is 0.000000336. The topological polar surface area (TPSA) is 29.5 Å². The summed E-state index contributed by atoms with van der Waals surface area (Å²) in [6, 6.07) is 9.70. The molecule has 1 aromatic rings. The van der Waals surface area contributed by atoms with Gasteiger partial charge in [0.2, 0.25) is 0 Å². The van der Waals surface area contributed by atoms with Crippen LogP contribution in [0.1, 0.15) is 38.9 Å². The standard InChI is InChI=1S/C9H12O.C4H10O/c1-2-9(10)8-6-4-3-5-7-8;1-3-5-4-2/h3-7,9-10H,2H2,1H3;3-4H2,1-2H3. The summed E-state index contributed by atoms with van der Waals surface area (Å²) < 4.78 is 4.83. The first kappa shape index (κ1) is 14.1. The van der Waals surface area contributed by atoms with E-state index in [0.29, 0.717) is 0 Å². The highest BCUT2D eigenvalue weighted by Gasteiger charge is 2.00. The molecular weight excluding hydrogens is 188 g/mol. The van der Waals surface area contributed by atoms with Crippen molar-refractivity contribution in [3.63, 3.8) is 0 Å². The smallest absolute Gasteiger partial charge is 0.0787 e. The Morgan fingerprint density at radius 1 is 1.07 bits per heavy atom. The summed E-state index contributed by atoms with van der Waals surface area (Å²) in [6.07, 6.45) is 0.491. The predicted molar refractivity (Wildman–Crippen MR) is 63.9 cm³/mol. The Labute approximate surface area is 92.9 Å². The van der Waals surface area contributed by atoms with E-state index in [1.54, 1.807) is 0 Å². The summed E-state index contributed by atoms with van der Waals surface area (Å²) >= 11 is 0. The molecule has 15 heavy (non-hydrogen) atoms. The Morgan fingerprint density at radius 3 is 1.93 bits per heavy atom. The lowest BCUT2D eigenvalue weighted by molar-refractivity contribution is 0.162. The molecule has 1 aromatic carbocycles. The molecule has 1 N–H and O–H groups in total. The molecule has 0 saturated heterocycles. The Morgan fingerprint density at radius 2 is 1.60 bits per heavy atom. The second-order valence-electron chi connectivity index (χ2n) is 3.12. The van der Waals surface area contributed by atoms with Crippen molar-refractivity contribution in [2.75, 3.05) is 13.2 Å². The molecule has 1 rings (SSSR count). The van der Waals surface area contributed by atoms with Crippen molar-refractivity contribution in [2.45, 2.75) is 33.3 Å². The summed E-state index contributed by atoms with van der Waals surface area (Å²) in [6.45, 7) is 7.64. The zero-order valence-electron chi connectivity index (χ0n) is 9.94. The monoisotopic (exact) mass is 210 g/mol. The van der Waals surface area contributed by atoms with Crippen LogP contribution in [-0.4, -0.2) is 18.3 Å². The molecular formula is C13H22O2. The van der Waals surface area contributed by atoms with Gasteiger partial charge in [0.25, 0.3) is 0 Å². The van der Waals surface area contributed by atoms with Crippen molar-refractivity contribution in [3.05, 3.63) is 35.9 Å². The molecule has 0 aliphatic rings. The molecule has 86 valence electrons. The average molecular weight is 210 g/mol. The molecule has 2 heteroatoms. The number of hydrogen-bond donors (Lipinski definition) is 1. The van der Waals surface area contributed by atoms with Crippen LogP contribution in [0, 0.1) is 0 Å². The zero-order chi connectivity index (χ0) is 11.5. The number of ether oxygens (including phenoxy) is 1. The van der Waals surface area contributed by atoms with Crippen LogP contribution in [0.2, 0.25) is 0 Å². The predicted octanol–water partition coefficient (Wildman–Crippen LogP) is 3.17. The molecule has 0 heterocycles. The van der Waals surface area contributed by atoms with Crippen LogP contribution >= 0.6 is 0 Å². The molecule has 0 fully saturated rings. The van der Waals surface area contributed by atoms with Gasteiger partial charge in [-0.25, -0.2) is 0 Å². The largest absolute Gasteiger partial charge is 0.388 e. The number of hydrogen-bond acceptors (Lipinski definition) is 2. The maximum absolute atomic E-state index is 9.33. The van der Waals surface area contributed by atoms with E-state index < -0.39 is 0 Å². The number of aliphatic hydroxyl groups is 1. The second kappa shape index (κ2) is 9.69. The zero-order valence-corrected chi connectivity index (χ0v) is 9.94. The third kappa shape index (κ3) is 7.11. The number of rotatable bonds is 4. The maximum Gasteiger partial charge on any atom is 0.0787 e. The molecule has 0 aliphatic heterocycles. The first-order chi connectivity index (χ1) is 7.26. The van der Waals surface area contributed by atoms with E-state index in [1.165, 1.54) is 0 Å². The third-order valence-corrected chi connectivity index (χ3v) is 1.98. The summed E-state index contributed by atoms with van der Waals surface area (Å²) in [5.74, 6) is 0. The van der Waals surface area contributed by atoms with Crippen molar-refractivity contribution in [1.82, 2.24) is 0 Å². The highest BCUT2D eigenvalue weighted by atomic mass is 16.5. The van der Waals surface area contributed by atoms with Crippen molar-refractivity contribution in [2.24, 2.45) is 0 Å². The Kier molecular flexibility index (Phi) is 9.13. The fourth-order valence-corrected chi connectivity index (χ4v) is 1.12. The number of benzene rings is 1. The van der Waals surface area contributed by atoms with E-state index in [4.69, 9.17) is 4.74 Å². The lowest BCUT2D eigenvalue weighted by atomic mass is 10.1. The lowest BCUT2D eigenvalue weighted by Crippen LogP contribution is -1.93. The van der Waals surface area contributed by atoms with Gasteiger partial charge in [-0.15, -0.1) is 0 Å². The van der Waals surface area contributed by atoms with E-state index in [2.05, 4.69) is 0 Å². The van der Waals surface area contributed by atoms with Crippen LogP contribution in [0.15, 0.2) is 30.3 Å². The Bertz CT molecular complexity index is 219. The average Bonchev–Trinajstić information content (AvgIpc) is 2.31. The maximum atomic E-state index is 9.33. The first-order valence-corrected chi connectivity index (χ1v) is 5.56. The van der Waals surface area contributed by atoms with Crippen LogP contribution in [0.4, 0.5) is 0 Å². The second-order valence-corrected chi connectivity index (χ2v) is 3.12. The molecule has 0 bridgehead atoms. The lowest BCUT2D eigenvalue weighted by Gasteiger charge is -2.05. The van der Waals surface area contributed by atoms with E-state index in [1.807, 2.05) is 51.1 Å². The summed E-state index contributed by atoms with van der Waals surface area (Å²) in [5, 5.41) is 9.33. The molecule has 0 saturated carbocycles. The van der Waals surface area contributed by atoms with Gasteiger partial charge < -0.3 is 9.84 Å². The molecule has 0 aliphatic carbocycles. The molecule has 1 atom stereocenters. The van der Waals surface area contributed by atoms with Crippen LogP contribution in [0.25, 0.3) is 0 Å². The van der Waals surface area contributed by atoms with Crippen LogP contribution < -0.4 is 0 Å². The van der Waals surface area contributed by atoms with Gasteiger partial charge in [0, 0.05) is 13.2 Å². The molecule has 0 amide bonds.